The fourth-order valence-electron chi connectivity index (χ4n) is 4.27. The van der Waals surface area contributed by atoms with Gasteiger partial charge in [0.1, 0.15) is 11.5 Å². The summed E-state index contributed by atoms with van der Waals surface area (Å²) in [4.78, 5) is 17.0. The first-order valence-corrected chi connectivity index (χ1v) is 10.4. The molecule has 0 saturated carbocycles. The zero-order valence-electron chi connectivity index (χ0n) is 16.9. The van der Waals surface area contributed by atoms with Crippen molar-refractivity contribution in [2.24, 2.45) is 0 Å². The Balaban J connectivity index is 1.43. The first-order chi connectivity index (χ1) is 13.6. The molecule has 1 aliphatic carbocycles. The number of amides is 1. The van der Waals surface area contributed by atoms with Gasteiger partial charge in [-0.05, 0) is 56.7 Å². The van der Waals surface area contributed by atoms with Gasteiger partial charge in [-0.3, -0.25) is 9.69 Å². The molecule has 0 atom stereocenters. The second-order valence-electron chi connectivity index (χ2n) is 7.76. The molecule has 2 aliphatic rings. The van der Waals surface area contributed by atoms with Crippen LogP contribution < -0.4 is 4.74 Å². The summed E-state index contributed by atoms with van der Waals surface area (Å²) in [5.41, 5.74) is 4.60. The molecule has 0 bridgehead atoms. The number of rotatable bonds is 5. The molecule has 2 heterocycles. The molecule has 1 fully saturated rings. The average molecular weight is 383 g/mol. The lowest BCUT2D eigenvalue weighted by Gasteiger charge is -2.23. The lowest BCUT2D eigenvalue weighted by atomic mass is 10.0. The number of aromatic nitrogens is 1. The number of benzene rings is 1. The van der Waals surface area contributed by atoms with Crippen molar-refractivity contribution >= 4 is 5.91 Å². The Hall–Kier alpha value is -2.34. The summed E-state index contributed by atoms with van der Waals surface area (Å²) in [5, 5.41) is 3.88. The maximum absolute atomic E-state index is 12.7. The average Bonchev–Trinajstić information content (AvgIpc) is 3.25. The molecule has 1 aliphatic heterocycles. The lowest BCUT2D eigenvalue weighted by Crippen LogP contribution is -2.35. The van der Waals surface area contributed by atoms with Crippen molar-refractivity contribution in [2.45, 2.75) is 46.1 Å². The van der Waals surface area contributed by atoms with Gasteiger partial charge < -0.3 is 14.2 Å². The van der Waals surface area contributed by atoms with Crippen molar-refractivity contribution in [2.75, 3.05) is 32.8 Å². The van der Waals surface area contributed by atoms with Gasteiger partial charge in [-0.1, -0.05) is 11.2 Å². The van der Waals surface area contributed by atoms with Gasteiger partial charge in [0, 0.05) is 44.4 Å². The van der Waals surface area contributed by atoms with E-state index in [4.69, 9.17) is 9.26 Å². The summed E-state index contributed by atoms with van der Waals surface area (Å²) in [6.45, 7) is 8.69. The summed E-state index contributed by atoms with van der Waals surface area (Å²) in [6.07, 6.45) is 4.54. The highest BCUT2D eigenvalue weighted by Gasteiger charge is 2.24. The van der Waals surface area contributed by atoms with Gasteiger partial charge in [-0.15, -0.1) is 0 Å². The molecule has 1 aromatic heterocycles. The lowest BCUT2D eigenvalue weighted by molar-refractivity contribution is 0.0750. The summed E-state index contributed by atoms with van der Waals surface area (Å²) in [5.74, 6) is 1.66. The normalized spacial score (nSPS) is 17.4. The largest absolute Gasteiger partial charge is 0.494 e. The Kier molecular flexibility index (Phi) is 5.67. The summed E-state index contributed by atoms with van der Waals surface area (Å²) >= 11 is 0. The maximum Gasteiger partial charge on any atom is 0.276 e. The van der Waals surface area contributed by atoms with Gasteiger partial charge in [0.25, 0.3) is 5.91 Å². The Morgan fingerprint density at radius 3 is 2.68 bits per heavy atom. The van der Waals surface area contributed by atoms with Crippen molar-refractivity contribution < 1.29 is 14.1 Å². The Bertz CT molecular complexity index is 846. The zero-order valence-corrected chi connectivity index (χ0v) is 16.9. The number of ether oxygens (including phenoxy) is 1. The Labute approximate surface area is 166 Å². The van der Waals surface area contributed by atoms with E-state index >= 15 is 0 Å². The molecule has 0 spiro atoms. The molecule has 4 rings (SSSR count). The van der Waals surface area contributed by atoms with Crippen LogP contribution in [0.3, 0.4) is 0 Å². The van der Waals surface area contributed by atoms with Crippen LogP contribution in [0, 0.1) is 6.92 Å². The van der Waals surface area contributed by atoms with Gasteiger partial charge in [0.2, 0.25) is 0 Å². The third-order valence-electron chi connectivity index (χ3n) is 5.69. The van der Waals surface area contributed by atoms with Crippen LogP contribution in [0.1, 0.15) is 52.7 Å². The van der Waals surface area contributed by atoms with E-state index < -0.39 is 0 Å². The van der Waals surface area contributed by atoms with E-state index in [2.05, 4.69) is 22.2 Å². The molecule has 1 amide bonds. The first kappa shape index (κ1) is 19.0. The molecular weight excluding hydrogens is 354 g/mol. The summed E-state index contributed by atoms with van der Waals surface area (Å²) in [6, 6.07) is 6.31. The Morgan fingerprint density at radius 2 is 1.93 bits per heavy atom. The standard InChI is InChI=1S/C22H29N3O3/c1-3-27-21-14-18-7-4-6-17(18)13-19(21)15-24-8-5-9-25(11-10-24)22(26)20-12-16(2)28-23-20/h12-14H,3-11,15H2,1-2H3. The van der Waals surface area contributed by atoms with E-state index in [1.54, 1.807) is 13.0 Å². The molecular formula is C22H29N3O3. The molecule has 0 N–H and O–H groups in total. The molecule has 28 heavy (non-hydrogen) atoms. The number of fused-ring (bicyclic) bond motifs is 1. The molecule has 0 unspecified atom stereocenters. The quantitative estimate of drug-likeness (QED) is 0.793. The van der Waals surface area contributed by atoms with Crippen LogP contribution in [-0.4, -0.2) is 53.6 Å². The van der Waals surface area contributed by atoms with Crippen molar-refractivity contribution in [3.63, 3.8) is 0 Å². The number of nitrogens with zero attached hydrogens (tertiary/aromatic N) is 3. The number of hydrogen-bond acceptors (Lipinski definition) is 5. The maximum atomic E-state index is 12.7. The topological polar surface area (TPSA) is 58.8 Å². The number of carbonyl (C=O) groups is 1. The molecule has 2 aromatic rings. The number of hydrogen-bond donors (Lipinski definition) is 0. The Morgan fingerprint density at radius 1 is 1.11 bits per heavy atom. The second-order valence-corrected chi connectivity index (χ2v) is 7.76. The van der Waals surface area contributed by atoms with Crippen molar-refractivity contribution in [1.29, 1.82) is 0 Å². The van der Waals surface area contributed by atoms with Crippen LogP contribution in [0.4, 0.5) is 0 Å². The van der Waals surface area contributed by atoms with E-state index in [9.17, 15) is 4.79 Å². The van der Waals surface area contributed by atoms with Gasteiger partial charge >= 0.3 is 0 Å². The van der Waals surface area contributed by atoms with Gasteiger partial charge in [-0.25, -0.2) is 0 Å². The van der Waals surface area contributed by atoms with E-state index in [0.29, 0.717) is 24.6 Å². The smallest absolute Gasteiger partial charge is 0.276 e. The predicted molar refractivity (Wildman–Crippen MR) is 107 cm³/mol. The van der Waals surface area contributed by atoms with Crippen LogP contribution in [0.2, 0.25) is 0 Å². The second kappa shape index (κ2) is 8.35. The highest BCUT2D eigenvalue weighted by molar-refractivity contribution is 5.92. The fourth-order valence-corrected chi connectivity index (χ4v) is 4.27. The van der Waals surface area contributed by atoms with Crippen LogP contribution in [-0.2, 0) is 19.4 Å². The SMILES string of the molecule is CCOc1cc2c(cc1CN1CCCN(C(=O)c3cc(C)on3)CC1)CCC2. The van der Waals surface area contributed by atoms with E-state index in [-0.39, 0.29) is 5.91 Å². The van der Waals surface area contributed by atoms with Crippen LogP contribution in [0.15, 0.2) is 22.7 Å². The number of carbonyl (C=O) groups excluding carboxylic acids is 1. The van der Waals surface area contributed by atoms with Crippen molar-refractivity contribution in [3.8, 4) is 5.75 Å². The zero-order chi connectivity index (χ0) is 19.5. The minimum atomic E-state index is -0.0359. The van der Waals surface area contributed by atoms with Gasteiger partial charge in [0.05, 0.1) is 6.61 Å². The highest BCUT2D eigenvalue weighted by atomic mass is 16.5. The summed E-state index contributed by atoms with van der Waals surface area (Å²) < 4.78 is 11.0. The van der Waals surface area contributed by atoms with Gasteiger partial charge in [0.15, 0.2) is 5.69 Å². The molecule has 6 heteroatoms. The molecule has 1 saturated heterocycles. The minimum Gasteiger partial charge on any atom is -0.494 e. The van der Waals surface area contributed by atoms with E-state index in [1.807, 2.05) is 11.8 Å². The third kappa shape index (κ3) is 4.07. The molecule has 1 aromatic carbocycles. The van der Waals surface area contributed by atoms with Crippen LogP contribution in [0.5, 0.6) is 5.75 Å². The minimum absolute atomic E-state index is 0.0359. The summed E-state index contributed by atoms with van der Waals surface area (Å²) in [7, 11) is 0. The van der Waals surface area contributed by atoms with Crippen molar-refractivity contribution in [3.05, 3.63) is 46.3 Å². The number of aryl methyl sites for hydroxylation is 3. The van der Waals surface area contributed by atoms with Gasteiger partial charge in [-0.2, -0.15) is 0 Å². The van der Waals surface area contributed by atoms with Crippen molar-refractivity contribution in [1.82, 2.24) is 15.0 Å². The monoisotopic (exact) mass is 383 g/mol. The molecule has 150 valence electrons. The van der Waals surface area contributed by atoms with E-state index in [0.717, 1.165) is 44.8 Å². The van der Waals surface area contributed by atoms with E-state index in [1.165, 1.54) is 29.5 Å². The molecule has 0 radical (unpaired) electrons. The molecule has 6 nitrogen and oxygen atoms in total. The van der Waals surface area contributed by atoms with Crippen LogP contribution >= 0.6 is 0 Å². The predicted octanol–water partition coefficient (Wildman–Crippen LogP) is 3.22. The fraction of sp³-hybridized carbons (Fsp3) is 0.545. The third-order valence-corrected chi connectivity index (χ3v) is 5.69. The van der Waals surface area contributed by atoms with Crippen LogP contribution in [0.25, 0.3) is 0 Å². The first-order valence-electron chi connectivity index (χ1n) is 10.4. The highest BCUT2D eigenvalue weighted by Crippen LogP contribution is 2.31.